The van der Waals surface area contributed by atoms with E-state index in [0.717, 1.165) is 125 Å². The normalized spacial score (nSPS) is 13.1. The van der Waals surface area contributed by atoms with Crippen molar-refractivity contribution in [2.75, 3.05) is 173 Å². The number of carbonyl (C=O) groups is 10. The van der Waals surface area contributed by atoms with E-state index in [0.29, 0.717) is 126 Å². The van der Waals surface area contributed by atoms with Gasteiger partial charge in [-0.15, -0.1) is 43.1 Å². The highest BCUT2D eigenvalue weighted by Crippen LogP contribution is 2.42. The number of ether oxygens (including phenoxy) is 7. The number of rotatable bonds is 60. The van der Waals surface area contributed by atoms with Gasteiger partial charge >= 0.3 is 0 Å². The van der Waals surface area contributed by atoms with Crippen LogP contribution >= 0.6 is 45.9 Å². The van der Waals surface area contributed by atoms with Crippen LogP contribution < -0.4 is 53.2 Å². The molecule has 0 aliphatic carbocycles. The molecule has 0 spiro atoms. The van der Waals surface area contributed by atoms with Crippen molar-refractivity contribution in [3.8, 4) is 10.0 Å². The zero-order chi connectivity index (χ0) is 105. The van der Waals surface area contributed by atoms with E-state index in [1.807, 2.05) is 62.4 Å². The number of nitrogens with zero attached hydrogens (tertiary/aromatic N) is 17. The number of hydrogen-bond donors (Lipinski definition) is 10. The molecule has 13 rings (SSSR count). The lowest BCUT2D eigenvalue weighted by atomic mass is 9.99. The summed E-state index contributed by atoms with van der Waals surface area (Å²) in [4.78, 5) is 159. The van der Waals surface area contributed by atoms with Crippen molar-refractivity contribution in [3.05, 3.63) is 203 Å². The summed E-state index contributed by atoms with van der Waals surface area (Å²) in [6.07, 6.45) is 14.3. The minimum atomic E-state index is -0.643. The minimum Gasteiger partial charge on any atom is -0.378 e. The van der Waals surface area contributed by atoms with E-state index in [2.05, 4.69) is 130 Å². The fourth-order valence-electron chi connectivity index (χ4n) is 16.5. The van der Waals surface area contributed by atoms with Gasteiger partial charge in [-0.25, -0.2) is 15.0 Å². The largest absolute Gasteiger partial charge is 0.378 e. The average molecular weight is 2120 g/mol. The van der Waals surface area contributed by atoms with E-state index in [4.69, 9.17) is 66.3 Å². The molecule has 2 aliphatic rings. The molecular formula is C100H129Cl2N27O17S2. The maximum absolute atomic E-state index is 13.8. The van der Waals surface area contributed by atoms with E-state index in [-0.39, 0.29) is 129 Å². The number of carbonyl (C=O) groups excluding carboxylic acids is 10. The first-order valence-corrected chi connectivity index (χ1v) is 51.6. The second-order valence-electron chi connectivity index (χ2n) is 35.5. The number of aryl methyl sites for hydroxylation is 9. The molecule has 0 unspecified atom stereocenters. The SMILES string of the molecule is Cc1sc2c(c1C)C(c1ccc(Cl)cc1)=N[C@@H](CC(=O)NCCCCCN(CCCCCNC(=O)C[C@@H]1N=C(c3ccc(Cl)cc3)c3c(sc(C)c3C)-n3c(C)nnc31)CCOCCOCCOCCOCCOCCOCCOCCNC(=O)CCNC(=O)c1nc(NC(=O)CCNC(=O)c3cc(NC(=O)c4nc(NC(=O)CCNC(=O)c5cc(NC(=O)c6nccn6C)cn5C)cn4C)cn3C)cn1C)c1nnc(C)n1-2. The molecule has 792 valence electrons. The predicted molar refractivity (Wildman–Crippen MR) is 559 cm³/mol. The highest BCUT2D eigenvalue weighted by atomic mass is 35.5. The van der Waals surface area contributed by atoms with Gasteiger partial charge in [0.15, 0.2) is 29.1 Å². The Morgan fingerprint density at radius 1 is 0.378 bits per heavy atom. The van der Waals surface area contributed by atoms with Crippen molar-refractivity contribution in [1.29, 1.82) is 0 Å². The Morgan fingerprint density at radius 3 is 1.18 bits per heavy atom. The highest BCUT2D eigenvalue weighted by molar-refractivity contribution is 7.15. The summed E-state index contributed by atoms with van der Waals surface area (Å²) in [5, 5.41) is 49.1. The van der Waals surface area contributed by atoms with Crippen LogP contribution in [0.15, 0.2) is 108 Å². The first-order chi connectivity index (χ1) is 71.4. The van der Waals surface area contributed by atoms with Gasteiger partial charge in [-0.1, -0.05) is 60.3 Å². The maximum atomic E-state index is 13.8. The molecule has 2 atom stereocenters. The van der Waals surface area contributed by atoms with Gasteiger partial charge in [-0.3, -0.25) is 67.1 Å². The molecular weight excluding hydrogens is 1990 g/mol. The molecule has 148 heavy (non-hydrogen) atoms. The van der Waals surface area contributed by atoms with Crippen LogP contribution in [0.2, 0.25) is 10.0 Å². The molecule has 2 aliphatic heterocycles. The van der Waals surface area contributed by atoms with E-state index in [1.165, 1.54) is 64.9 Å². The highest BCUT2D eigenvalue weighted by Gasteiger charge is 2.36. The number of hydrogen-bond acceptors (Lipinski definition) is 29. The molecule has 0 fully saturated rings. The predicted octanol–water partition coefficient (Wildman–Crippen LogP) is 9.22. The number of halogens is 2. The first-order valence-electron chi connectivity index (χ1n) is 49.2. The summed E-state index contributed by atoms with van der Waals surface area (Å²) >= 11 is 16.0. The van der Waals surface area contributed by atoms with Crippen LogP contribution in [0.5, 0.6) is 0 Å². The molecule has 11 aromatic rings. The summed E-state index contributed by atoms with van der Waals surface area (Å²) in [5.74, 6) is -1.18. The molecule has 0 saturated heterocycles. The maximum Gasteiger partial charge on any atom is 0.291 e. The van der Waals surface area contributed by atoms with Gasteiger partial charge in [0.05, 0.1) is 128 Å². The molecule has 11 heterocycles. The van der Waals surface area contributed by atoms with Crippen LogP contribution in [-0.2, 0) is 92.4 Å². The second-order valence-corrected chi connectivity index (χ2v) is 38.8. The van der Waals surface area contributed by atoms with Crippen molar-refractivity contribution >= 4 is 139 Å². The zero-order valence-electron chi connectivity index (χ0n) is 85.0. The Kier molecular flexibility index (Phi) is 42.0. The van der Waals surface area contributed by atoms with Crippen LogP contribution in [-0.4, -0.2) is 294 Å². The number of aliphatic imine (C=N–C) groups is 2. The molecule has 9 aromatic heterocycles. The van der Waals surface area contributed by atoms with Crippen molar-refractivity contribution in [2.24, 2.45) is 45.2 Å². The lowest BCUT2D eigenvalue weighted by Crippen LogP contribution is -2.33. The number of imidazole rings is 3. The Labute approximate surface area is 874 Å². The molecule has 10 amide bonds. The zero-order valence-corrected chi connectivity index (χ0v) is 88.2. The van der Waals surface area contributed by atoms with Crippen molar-refractivity contribution in [2.45, 2.75) is 124 Å². The van der Waals surface area contributed by atoms with Crippen molar-refractivity contribution < 1.29 is 81.1 Å². The summed E-state index contributed by atoms with van der Waals surface area (Å²) in [7, 11) is 8.04. The van der Waals surface area contributed by atoms with Crippen LogP contribution in [0.1, 0.15) is 202 Å². The smallest absolute Gasteiger partial charge is 0.291 e. The Morgan fingerprint density at radius 2 is 0.764 bits per heavy atom. The third-order valence-corrected chi connectivity index (χ3v) is 27.3. The van der Waals surface area contributed by atoms with Crippen LogP contribution in [0, 0.1) is 41.5 Å². The fourth-order valence-corrected chi connectivity index (χ4v) is 19.2. The van der Waals surface area contributed by atoms with Gasteiger partial charge in [0.25, 0.3) is 29.5 Å². The molecule has 10 N–H and O–H groups in total. The van der Waals surface area contributed by atoms with Gasteiger partial charge in [0.2, 0.25) is 41.2 Å². The number of benzene rings is 2. The van der Waals surface area contributed by atoms with Crippen LogP contribution in [0.25, 0.3) is 10.0 Å². The van der Waals surface area contributed by atoms with Gasteiger partial charge < -0.3 is 114 Å². The number of anilines is 4. The summed E-state index contributed by atoms with van der Waals surface area (Å²) in [5.41, 5.74) is 8.73. The number of unbranched alkanes of at least 4 members (excludes halogenated alkanes) is 4. The molecule has 44 nitrogen and oxygen atoms in total. The third-order valence-electron chi connectivity index (χ3n) is 24.4. The Balaban J connectivity index is 0.431. The molecule has 48 heteroatoms. The van der Waals surface area contributed by atoms with E-state index in [9.17, 15) is 47.9 Å². The minimum absolute atomic E-state index is 0.0105. The monoisotopic (exact) mass is 2110 g/mol. The van der Waals surface area contributed by atoms with Crippen LogP contribution in [0.3, 0.4) is 0 Å². The third kappa shape index (κ3) is 31.6. The van der Waals surface area contributed by atoms with E-state index < -0.39 is 53.4 Å². The molecule has 0 saturated carbocycles. The van der Waals surface area contributed by atoms with Gasteiger partial charge in [0.1, 0.15) is 45.1 Å². The first kappa shape index (κ1) is 112. The number of amides is 10. The molecule has 0 bridgehead atoms. The number of nitrogens with one attached hydrogen (secondary N) is 10. The van der Waals surface area contributed by atoms with E-state index >= 15 is 0 Å². The van der Waals surface area contributed by atoms with E-state index in [1.54, 1.807) is 74.9 Å². The van der Waals surface area contributed by atoms with Crippen molar-refractivity contribution in [3.63, 3.8) is 0 Å². The quantitative estimate of drug-likeness (QED) is 0.0159. The standard InChI is InChI=1S/C100H129Cl2N27O17S2/c1-62-64(3)147-99-85(62)87(68-18-22-70(101)23-19-68)112-74(89-120-118-66(5)128(89)99)56-83(133)103-29-14-12-16-36-127(37-17-13-15-30-104-84(134)57-75-90-121-119-67(6)129(90)100-86(63(2)65(4)148-100)88(113-75)69-20-24-71(102)25-21-69)39-41-141-43-45-143-47-49-145-51-53-146-52-50-144-48-46-142-44-42-140-40-35-105-80(130)26-31-109-96(137)92-116-78(60-125(92)10)114-81(131)27-32-108-95(136)77-55-73(59-124(77)9)111-98(139)93-117-79(61-126(93)11)115-82(132)28-33-107-94(135)76-54-72(58-123(76)8)110-97(138)91-106-34-38-122(91)7/h18-25,34,38,54-55,58-61,74-75H,12-17,26-33,35-37,39-53,56-57H2,1-11H3,(H,103,133)(H,104,134)(H,105,130)(H,107,135)(H,108,136)(H,109,137)(H,110,138)(H,111,139)(H,114,131)(H,115,132)/t74-,75-/m0/s1. The lowest BCUT2D eigenvalue weighted by molar-refractivity contribution is -0.122. The van der Waals surface area contributed by atoms with Gasteiger partial charge in [-0.05, 0) is 128 Å². The van der Waals surface area contributed by atoms with Gasteiger partial charge in [-0.2, -0.15) is 0 Å². The van der Waals surface area contributed by atoms with Gasteiger partial charge in [0, 0.05) is 180 Å². The van der Waals surface area contributed by atoms with Crippen LogP contribution in [0.4, 0.5) is 23.0 Å². The topological polar surface area (TPSA) is 508 Å². The molecule has 0 radical (unpaired) electrons. The molecule has 2 aromatic carbocycles. The average Bonchev–Trinajstić information content (AvgIpc) is 1.59. The second kappa shape index (κ2) is 55.6. The number of fused-ring (bicyclic) bond motifs is 6. The summed E-state index contributed by atoms with van der Waals surface area (Å²) in [6.45, 7) is 21.2. The Bertz CT molecular complexity index is 6300. The number of thiophene rings is 2. The number of aromatic nitrogens is 14. The fraction of sp³-hybridized carbons (Fsp3) is 0.470. The lowest BCUT2D eigenvalue weighted by Gasteiger charge is -2.22. The Hall–Kier alpha value is -13.4. The summed E-state index contributed by atoms with van der Waals surface area (Å²) in [6, 6.07) is 17.1. The van der Waals surface area contributed by atoms with Crippen molar-refractivity contribution in [1.82, 2.24) is 104 Å². The summed E-state index contributed by atoms with van der Waals surface area (Å²) < 4.78 is 51.6.